The van der Waals surface area contributed by atoms with Crippen LogP contribution in [0.3, 0.4) is 0 Å². The fourth-order valence-corrected chi connectivity index (χ4v) is 4.16. The van der Waals surface area contributed by atoms with Crippen molar-refractivity contribution in [2.45, 2.75) is 24.9 Å². The van der Waals surface area contributed by atoms with E-state index >= 15 is 0 Å². The lowest BCUT2D eigenvalue weighted by Gasteiger charge is -2.23. The van der Waals surface area contributed by atoms with Gasteiger partial charge in [-0.1, -0.05) is 0 Å². The SMILES string of the molecule is COc1ccnc(C(NC(=O)c2cc(F)c3cnc(NC4CCOCC4)nc3c2)c2cnn(C)c2)c1. The predicted octanol–water partition coefficient (Wildman–Crippen LogP) is 3.02. The summed E-state index contributed by atoms with van der Waals surface area (Å²) in [6.45, 7) is 1.34. The molecule has 3 aromatic heterocycles. The molecule has 1 saturated heterocycles. The Labute approximate surface area is 206 Å². The molecule has 10 nitrogen and oxygen atoms in total. The van der Waals surface area contributed by atoms with Crippen LogP contribution < -0.4 is 15.4 Å². The van der Waals surface area contributed by atoms with E-state index in [-0.39, 0.29) is 17.0 Å². The lowest BCUT2D eigenvalue weighted by molar-refractivity contribution is 0.0903. The Morgan fingerprint density at radius 3 is 2.81 bits per heavy atom. The number of ether oxygens (including phenoxy) is 2. The maximum atomic E-state index is 14.9. The Morgan fingerprint density at radius 2 is 2.06 bits per heavy atom. The molecule has 0 aliphatic carbocycles. The van der Waals surface area contributed by atoms with E-state index in [0.717, 1.165) is 18.4 Å². The van der Waals surface area contributed by atoms with Crippen LogP contribution in [0, 0.1) is 5.82 Å². The van der Waals surface area contributed by atoms with Crippen LogP contribution in [0.2, 0.25) is 0 Å². The van der Waals surface area contributed by atoms with Crippen molar-refractivity contribution >= 4 is 22.8 Å². The van der Waals surface area contributed by atoms with Gasteiger partial charge in [0.05, 0.1) is 35.9 Å². The minimum absolute atomic E-state index is 0.132. The van der Waals surface area contributed by atoms with Gasteiger partial charge >= 0.3 is 0 Å². The number of carbonyl (C=O) groups excluding carboxylic acids is 1. The van der Waals surface area contributed by atoms with Crippen LogP contribution in [0.5, 0.6) is 5.75 Å². The van der Waals surface area contributed by atoms with Crippen molar-refractivity contribution < 1.29 is 18.7 Å². The number of nitrogens with zero attached hydrogens (tertiary/aromatic N) is 5. The van der Waals surface area contributed by atoms with Crippen LogP contribution in [-0.2, 0) is 11.8 Å². The maximum absolute atomic E-state index is 14.9. The van der Waals surface area contributed by atoms with Gasteiger partial charge in [0.15, 0.2) is 0 Å². The van der Waals surface area contributed by atoms with Crippen LogP contribution >= 0.6 is 0 Å². The molecule has 11 heteroatoms. The van der Waals surface area contributed by atoms with Crippen molar-refractivity contribution in [2.75, 3.05) is 25.6 Å². The minimum atomic E-state index is -0.629. The molecule has 0 radical (unpaired) electrons. The summed E-state index contributed by atoms with van der Waals surface area (Å²) >= 11 is 0. The van der Waals surface area contributed by atoms with E-state index in [0.29, 0.717) is 36.1 Å². The number of aryl methyl sites for hydroxylation is 1. The van der Waals surface area contributed by atoms with Crippen LogP contribution in [0.25, 0.3) is 10.9 Å². The number of anilines is 1. The minimum Gasteiger partial charge on any atom is -0.497 e. The van der Waals surface area contributed by atoms with E-state index in [1.165, 1.54) is 12.3 Å². The van der Waals surface area contributed by atoms with Gasteiger partial charge in [0.2, 0.25) is 5.95 Å². The number of pyridine rings is 1. The van der Waals surface area contributed by atoms with Gasteiger partial charge in [0.25, 0.3) is 5.91 Å². The van der Waals surface area contributed by atoms with E-state index in [2.05, 4.69) is 30.7 Å². The average Bonchev–Trinajstić information content (AvgIpc) is 3.33. The smallest absolute Gasteiger partial charge is 0.252 e. The molecule has 0 bridgehead atoms. The molecule has 1 aliphatic heterocycles. The van der Waals surface area contributed by atoms with Gasteiger partial charge < -0.3 is 20.1 Å². The number of benzene rings is 1. The summed E-state index contributed by atoms with van der Waals surface area (Å²) in [7, 11) is 3.34. The topological polar surface area (TPSA) is 116 Å². The number of nitrogens with one attached hydrogen (secondary N) is 2. The molecule has 1 fully saturated rings. The highest BCUT2D eigenvalue weighted by Crippen LogP contribution is 2.25. The van der Waals surface area contributed by atoms with Crippen LogP contribution in [0.15, 0.2) is 49.1 Å². The van der Waals surface area contributed by atoms with Gasteiger partial charge in [-0.05, 0) is 31.0 Å². The van der Waals surface area contributed by atoms with Gasteiger partial charge in [-0.25, -0.2) is 14.4 Å². The van der Waals surface area contributed by atoms with E-state index in [4.69, 9.17) is 9.47 Å². The molecule has 1 atom stereocenters. The number of fused-ring (bicyclic) bond motifs is 1. The van der Waals surface area contributed by atoms with Gasteiger partial charge in [0.1, 0.15) is 11.6 Å². The van der Waals surface area contributed by atoms with Crippen LogP contribution in [0.4, 0.5) is 10.3 Å². The molecule has 186 valence electrons. The quantitative estimate of drug-likeness (QED) is 0.405. The predicted molar refractivity (Wildman–Crippen MR) is 130 cm³/mol. The molecule has 4 heterocycles. The fourth-order valence-electron chi connectivity index (χ4n) is 4.16. The fraction of sp³-hybridized carbons (Fsp3) is 0.320. The number of methoxy groups -OCH3 is 1. The molecular formula is C25H26FN7O3. The highest BCUT2D eigenvalue weighted by molar-refractivity contribution is 5.98. The summed E-state index contributed by atoms with van der Waals surface area (Å²) in [6.07, 6.45) is 8.14. The molecular weight excluding hydrogens is 465 g/mol. The molecule has 4 aromatic rings. The largest absolute Gasteiger partial charge is 0.497 e. The molecule has 1 amide bonds. The standard InChI is InChI=1S/C25H26FN7O3/c1-33-14-16(12-29-33)23(22-11-18(35-2)3-6-27-22)32-24(34)15-9-20(26)19-13-28-25(31-21(19)10-15)30-17-4-7-36-8-5-17/h3,6,9-14,17,23H,4-5,7-8H2,1-2H3,(H,32,34)(H,28,30,31). The average molecular weight is 492 g/mol. The first kappa shape index (κ1) is 23.6. The second-order valence-electron chi connectivity index (χ2n) is 8.59. The van der Waals surface area contributed by atoms with E-state index < -0.39 is 17.8 Å². The molecule has 1 aromatic carbocycles. The van der Waals surface area contributed by atoms with Crippen molar-refractivity contribution in [3.8, 4) is 5.75 Å². The van der Waals surface area contributed by atoms with Crippen molar-refractivity contribution in [3.63, 3.8) is 0 Å². The third-order valence-corrected chi connectivity index (χ3v) is 6.08. The summed E-state index contributed by atoms with van der Waals surface area (Å²) in [5.41, 5.74) is 1.75. The Balaban J connectivity index is 1.44. The van der Waals surface area contributed by atoms with Crippen molar-refractivity contribution in [3.05, 3.63) is 71.7 Å². The third-order valence-electron chi connectivity index (χ3n) is 6.08. The van der Waals surface area contributed by atoms with E-state index in [9.17, 15) is 9.18 Å². The molecule has 5 rings (SSSR count). The Bertz CT molecular complexity index is 1390. The number of rotatable bonds is 7. The number of aromatic nitrogens is 5. The number of hydrogen-bond acceptors (Lipinski definition) is 8. The van der Waals surface area contributed by atoms with E-state index in [1.54, 1.807) is 55.6 Å². The van der Waals surface area contributed by atoms with Crippen LogP contribution in [0.1, 0.15) is 40.5 Å². The zero-order valence-corrected chi connectivity index (χ0v) is 19.9. The van der Waals surface area contributed by atoms with Crippen molar-refractivity contribution in [1.29, 1.82) is 0 Å². The summed E-state index contributed by atoms with van der Waals surface area (Å²) < 4.78 is 27.3. The molecule has 36 heavy (non-hydrogen) atoms. The monoisotopic (exact) mass is 491 g/mol. The van der Waals surface area contributed by atoms with Crippen molar-refractivity contribution in [1.82, 2.24) is 30.0 Å². The maximum Gasteiger partial charge on any atom is 0.252 e. The first-order chi connectivity index (χ1) is 17.5. The number of halogens is 1. The lowest BCUT2D eigenvalue weighted by atomic mass is 10.0. The summed E-state index contributed by atoms with van der Waals surface area (Å²) in [4.78, 5) is 26.5. The van der Waals surface area contributed by atoms with Gasteiger partial charge in [-0.3, -0.25) is 14.5 Å². The first-order valence-electron chi connectivity index (χ1n) is 11.6. The molecule has 1 aliphatic rings. The first-order valence-corrected chi connectivity index (χ1v) is 11.6. The Morgan fingerprint density at radius 1 is 1.22 bits per heavy atom. The second-order valence-corrected chi connectivity index (χ2v) is 8.59. The second kappa shape index (κ2) is 10.2. The normalized spacial score (nSPS) is 15.0. The molecule has 2 N–H and O–H groups in total. The highest BCUT2D eigenvalue weighted by Gasteiger charge is 2.23. The number of carbonyl (C=O) groups is 1. The Kier molecular flexibility index (Phi) is 6.72. The lowest BCUT2D eigenvalue weighted by Crippen LogP contribution is -2.30. The van der Waals surface area contributed by atoms with Gasteiger partial charge in [-0.2, -0.15) is 5.10 Å². The summed E-state index contributed by atoms with van der Waals surface area (Å²) in [6, 6.07) is 5.76. The van der Waals surface area contributed by atoms with Gasteiger partial charge in [-0.15, -0.1) is 0 Å². The zero-order valence-electron chi connectivity index (χ0n) is 19.9. The summed E-state index contributed by atoms with van der Waals surface area (Å²) in [5, 5.41) is 10.7. The summed E-state index contributed by atoms with van der Waals surface area (Å²) in [5.74, 6) is -0.0687. The van der Waals surface area contributed by atoms with E-state index in [1.807, 2.05) is 0 Å². The zero-order chi connectivity index (χ0) is 25.1. The van der Waals surface area contributed by atoms with Crippen molar-refractivity contribution in [2.24, 2.45) is 7.05 Å². The number of hydrogen-bond donors (Lipinski definition) is 2. The highest BCUT2D eigenvalue weighted by atomic mass is 19.1. The molecule has 0 spiro atoms. The molecule has 0 saturated carbocycles. The number of amides is 1. The van der Waals surface area contributed by atoms with Gasteiger partial charge in [0, 0.05) is 62.1 Å². The Hall–Kier alpha value is -4.12. The van der Waals surface area contributed by atoms with Crippen LogP contribution in [-0.4, -0.2) is 57.0 Å². The molecule has 1 unspecified atom stereocenters. The third kappa shape index (κ3) is 5.10.